The van der Waals surface area contributed by atoms with Gasteiger partial charge in [-0.2, -0.15) is 0 Å². The lowest BCUT2D eigenvalue weighted by atomic mass is 9.88. The van der Waals surface area contributed by atoms with Gasteiger partial charge in [-0.3, -0.25) is 4.57 Å². The molecule has 0 radical (unpaired) electrons. The summed E-state index contributed by atoms with van der Waals surface area (Å²) in [5, 5.41) is 4.29. The maximum atomic E-state index is 7.00. The number of ether oxygens (including phenoxy) is 1. The molecular weight excluding hydrogens is 641 g/mol. The van der Waals surface area contributed by atoms with Gasteiger partial charge < -0.3 is 19.0 Å². The SMILES string of the molecule is CC(C)(C)c1ccnc(-n2c3ccccc3c3ccc(Oc4cc(N5CN(c6ccccc6)c6ccccc65)cc5oc6ccccc6c45)cc32)c1. The van der Waals surface area contributed by atoms with Gasteiger partial charge in [0.1, 0.15) is 35.2 Å². The highest BCUT2D eigenvalue weighted by Crippen LogP contribution is 2.48. The topological polar surface area (TPSA) is 46.7 Å². The summed E-state index contributed by atoms with van der Waals surface area (Å²) >= 11 is 0. The maximum Gasteiger partial charge on any atom is 0.141 e. The molecule has 4 heterocycles. The molecule has 0 spiro atoms. The van der Waals surface area contributed by atoms with Crippen LogP contribution in [0.1, 0.15) is 26.3 Å². The first-order valence-corrected chi connectivity index (χ1v) is 17.7. The number of hydrogen-bond donors (Lipinski definition) is 0. The zero-order valence-electron chi connectivity index (χ0n) is 29.2. The summed E-state index contributed by atoms with van der Waals surface area (Å²) in [5.74, 6) is 2.36. The standard InChI is InChI=1S/C46H36N4O2/c1-46(2,3)30-23-24-47-44(25-30)50-37-17-9-7-15-34(37)35-22-21-33(28-40(35)50)51-42-26-32(27-43-45(42)36-16-8-12-20-41(36)52-43)49-29-48(31-13-5-4-6-14-31)38-18-10-11-19-39(38)49/h4-28H,29H2,1-3H3. The minimum absolute atomic E-state index is 0.0114. The van der Waals surface area contributed by atoms with Gasteiger partial charge in [-0.05, 0) is 71.6 Å². The lowest BCUT2D eigenvalue weighted by Gasteiger charge is -2.22. The number of fused-ring (bicyclic) bond motifs is 7. The van der Waals surface area contributed by atoms with E-state index in [4.69, 9.17) is 14.1 Å². The average Bonchev–Trinajstić information content (AvgIpc) is 3.85. The van der Waals surface area contributed by atoms with Gasteiger partial charge in [0, 0.05) is 46.2 Å². The van der Waals surface area contributed by atoms with E-state index < -0.39 is 0 Å². The van der Waals surface area contributed by atoms with Crippen molar-refractivity contribution in [1.82, 2.24) is 9.55 Å². The summed E-state index contributed by atoms with van der Waals surface area (Å²) < 4.78 is 15.8. The van der Waals surface area contributed by atoms with Gasteiger partial charge in [0.05, 0.1) is 33.5 Å². The molecule has 10 rings (SSSR count). The number of anilines is 4. The van der Waals surface area contributed by atoms with E-state index >= 15 is 0 Å². The third-order valence-electron chi connectivity index (χ3n) is 10.3. The lowest BCUT2D eigenvalue weighted by molar-refractivity contribution is 0.489. The summed E-state index contributed by atoms with van der Waals surface area (Å²) in [6.07, 6.45) is 1.92. The van der Waals surface area contributed by atoms with Crippen molar-refractivity contribution in [2.24, 2.45) is 0 Å². The fourth-order valence-corrected chi connectivity index (χ4v) is 7.70. The third-order valence-corrected chi connectivity index (χ3v) is 10.3. The number of aromatic nitrogens is 2. The van der Waals surface area contributed by atoms with Crippen LogP contribution in [0, 0.1) is 0 Å². The molecule has 1 aliphatic heterocycles. The van der Waals surface area contributed by atoms with Crippen LogP contribution in [0.4, 0.5) is 22.7 Å². The minimum atomic E-state index is -0.0114. The van der Waals surface area contributed by atoms with E-state index in [1.165, 1.54) is 10.9 Å². The summed E-state index contributed by atoms with van der Waals surface area (Å²) in [4.78, 5) is 9.55. The molecule has 0 saturated heterocycles. The van der Waals surface area contributed by atoms with Crippen molar-refractivity contribution >= 4 is 66.5 Å². The van der Waals surface area contributed by atoms with Crippen LogP contribution in [0.5, 0.6) is 11.5 Å². The Morgan fingerprint density at radius 3 is 2.10 bits per heavy atom. The van der Waals surface area contributed by atoms with Gasteiger partial charge in [0.2, 0.25) is 0 Å². The molecule has 1 aliphatic rings. The van der Waals surface area contributed by atoms with Crippen LogP contribution in [0.3, 0.4) is 0 Å². The fraction of sp³-hybridized carbons (Fsp3) is 0.109. The van der Waals surface area contributed by atoms with Crippen LogP contribution in [-0.4, -0.2) is 16.2 Å². The number of nitrogens with zero attached hydrogens (tertiary/aromatic N) is 4. The Bertz CT molecular complexity index is 2810. The van der Waals surface area contributed by atoms with Crippen LogP contribution < -0.4 is 14.5 Å². The summed E-state index contributed by atoms with van der Waals surface area (Å²) in [6, 6.07) is 50.8. The minimum Gasteiger partial charge on any atom is -0.456 e. The summed E-state index contributed by atoms with van der Waals surface area (Å²) in [7, 11) is 0. The van der Waals surface area contributed by atoms with Crippen molar-refractivity contribution in [2.45, 2.75) is 26.2 Å². The van der Waals surface area contributed by atoms with Gasteiger partial charge in [-0.25, -0.2) is 4.98 Å². The molecular formula is C46H36N4O2. The van der Waals surface area contributed by atoms with Crippen molar-refractivity contribution in [1.29, 1.82) is 0 Å². The van der Waals surface area contributed by atoms with Crippen molar-refractivity contribution in [2.75, 3.05) is 16.5 Å². The summed E-state index contributed by atoms with van der Waals surface area (Å²) in [6.45, 7) is 7.36. The third kappa shape index (κ3) is 4.83. The number of pyridine rings is 1. The molecule has 6 aromatic carbocycles. The highest BCUT2D eigenvalue weighted by atomic mass is 16.5. The molecule has 252 valence electrons. The van der Waals surface area contributed by atoms with Crippen LogP contribution >= 0.6 is 0 Å². The van der Waals surface area contributed by atoms with Gasteiger partial charge in [0.25, 0.3) is 0 Å². The molecule has 3 aromatic heterocycles. The van der Waals surface area contributed by atoms with E-state index in [2.05, 4.69) is 163 Å². The van der Waals surface area contributed by atoms with Crippen molar-refractivity contribution < 1.29 is 9.15 Å². The van der Waals surface area contributed by atoms with Crippen molar-refractivity contribution in [3.63, 3.8) is 0 Å². The molecule has 9 aromatic rings. The Balaban J connectivity index is 1.14. The number of furan rings is 1. The Morgan fingerprint density at radius 2 is 1.29 bits per heavy atom. The van der Waals surface area contributed by atoms with E-state index in [9.17, 15) is 0 Å². The fourth-order valence-electron chi connectivity index (χ4n) is 7.70. The smallest absolute Gasteiger partial charge is 0.141 e. The molecule has 0 saturated carbocycles. The summed E-state index contributed by atoms with van der Waals surface area (Å²) in [5.41, 5.74) is 9.39. The first-order valence-electron chi connectivity index (χ1n) is 17.7. The molecule has 0 atom stereocenters. The van der Waals surface area contributed by atoms with E-state index in [1.807, 2.05) is 24.4 Å². The number of benzene rings is 6. The van der Waals surface area contributed by atoms with Crippen LogP contribution in [0.25, 0.3) is 49.6 Å². The lowest BCUT2D eigenvalue weighted by Crippen LogP contribution is -2.23. The van der Waals surface area contributed by atoms with Crippen LogP contribution in [-0.2, 0) is 5.41 Å². The molecule has 52 heavy (non-hydrogen) atoms. The van der Waals surface area contributed by atoms with Gasteiger partial charge in [-0.1, -0.05) is 87.5 Å². The second-order valence-electron chi connectivity index (χ2n) is 14.5. The van der Waals surface area contributed by atoms with Crippen molar-refractivity contribution in [3.05, 3.63) is 157 Å². The zero-order chi connectivity index (χ0) is 35.0. The number of para-hydroxylation sites is 5. The quantitative estimate of drug-likeness (QED) is 0.182. The monoisotopic (exact) mass is 676 g/mol. The van der Waals surface area contributed by atoms with E-state index in [0.29, 0.717) is 6.67 Å². The Morgan fingerprint density at radius 1 is 0.596 bits per heavy atom. The molecule has 0 fully saturated rings. The van der Waals surface area contributed by atoms with Gasteiger partial charge in [-0.15, -0.1) is 0 Å². The zero-order valence-corrected chi connectivity index (χ0v) is 29.2. The molecule has 6 heteroatoms. The van der Waals surface area contributed by atoms with Crippen molar-refractivity contribution in [3.8, 4) is 17.3 Å². The Labute approximate surface area is 301 Å². The van der Waals surface area contributed by atoms with Gasteiger partial charge in [0.15, 0.2) is 0 Å². The largest absolute Gasteiger partial charge is 0.456 e. The second-order valence-corrected chi connectivity index (χ2v) is 14.5. The van der Waals surface area contributed by atoms with E-state index in [0.717, 1.165) is 78.4 Å². The molecule has 0 unspecified atom stereocenters. The highest BCUT2D eigenvalue weighted by molar-refractivity contribution is 6.11. The predicted octanol–water partition coefficient (Wildman–Crippen LogP) is 12.4. The van der Waals surface area contributed by atoms with E-state index in [-0.39, 0.29) is 5.41 Å². The number of rotatable bonds is 5. The maximum absolute atomic E-state index is 7.00. The Kier molecular flexibility index (Phi) is 6.70. The van der Waals surface area contributed by atoms with Gasteiger partial charge >= 0.3 is 0 Å². The molecule has 0 aliphatic carbocycles. The van der Waals surface area contributed by atoms with E-state index in [1.54, 1.807) is 0 Å². The average molecular weight is 677 g/mol. The predicted molar refractivity (Wildman–Crippen MR) is 213 cm³/mol. The molecule has 0 amide bonds. The molecule has 0 bridgehead atoms. The van der Waals surface area contributed by atoms with Crippen LogP contribution in [0.15, 0.2) is 156 Å². The highest BCUT2D eigenvalue weighted by Gasteiger charge is 2.29. The second kappa shape index (κ2) is 11.5. The molecule has 6 nitrogen and oxygen atoms in total. The Hall–Kier alpha value is -6.53. The van der Waals surface area contributed by atoms with Crippen LogP contribution in [0.2, 0.25) is 0 Å². The molecule has 0 N–H and O–H groups in total. The first kappa shape index (κ1) is 30.3. The normalized spacial score (nSPS) is 13.1. The number of hydrogen-bond acceptors (Lipinski definition) is 5. The first-order chi connectivity index (χ1) is 25.4.